The van der Waals surface area contributed by atoms with Crippen LogP contribution in [-0.2, 0) is 42.9 Å². The minimum atomic E-state index is -3.08. The van der Waals surface area contributed by atoms with Gasteiger partial charge in [0.25, 0.3) is 0 Å². The summed E-state index contributed by atoms with van der Waals surface area (Å²) in [6.07, 6.45) is 8.35. The molecule has 0 saturated carbocycles. The van der Waals surface area contributed by atoms with Crippen molar-refractivity contribution in [2.75, 3.05) is 0 Å². The maximum Gasteiger partial charge on any atom is -0.147 e. The molecule has 0 amide bonds. The molecule has 0 fully saturated rings. The Morgan fingerprint density at radius 1 is 0.467 bits per heavy atom. The first-order chi connectivity index (χ1) is 27.6. The fraction of sp³-hybridized carbons (Fsp3) is 0.281. The zero-order valence-electron chi connectivity index (χ0n) is 37.2. The third-order valence-electron chi connectivity index (χ3n) is 13.0. The molecule has 2 aliphatic rings. The first-order valence-corrected chi connectivity index (χ1v) is 25.2. The van der Waals surface area contributed by atoms with Gasteiger partial charge in [0.1, 0.15) is 0 Å². The molecule has 0 atom stereocenters. The summed E-state index contributed by atoms with van der Waals surface area (Å²) in [4.78, 5) is 0. The first-order valence-electron chi connectivity index (χ1n) is 21.3. The molecule has 6 aromatic carbocycles. The Bertz CT molecular complexity index is 2400. The van der Waals surface area contributed by atoms with Crippen molar-refractivity contribution in [2.24, 2.45) is 0 Å². The normalized spacial score (nSPS) is 13.8. The molecule has 308 valence electrons. The smallest absolute Gasteiger partial charge is 0.147 e. The Kier molecular flexibility index (Phi) is 13.3. The predicted molar refractivity (Wildman–Crippen MR) is 262 cm³/mol. The zero-order chi connectivity index (χ0) is 41.0. The van der Waals surface area contributed by atoms with Crippen molar-refractivity contribution in [1.82, 2.24) is 0 Å². The quantitative estimate of drug-likeness (QED) is 0.143. The third-order valence-corrected chi connectivity index (χ3v) is 23.0. The van der Waals surface area contributed by atoms with Crippen molar-refractivity contribution in [1.29, 1.82) is 0 Å². The minimum Gasteiger partial charge on any atom is -0.147 e. The Morgan fingerprint density at radius 3 is 1.17 bits per heavy atom. The molecule has 0 unspecified atom stereocenters. The molecule has 0 nitrogen and oxygen atoms in total. The molecule has 0 heterocycles. The van der Waals surface area contributed by atoms with Gasteiger partial charge in [-0.2, -0.15) is 0 Å². The van der Waals surface area contributed by atoms with E-state index in [2.05, 4.69) is 233 Å². The number of rotatable bonds is 8. The van der Waals surface area contributed by atoms with Crippen LogP contribution in [0, 0.1) is 0 Å². The molecule has 0 aromatic heterocycles. The summed E-state index contributed by atoms with van der Waals surface area (Å²) in [6.45, 7) is 24.5. The number of benzene rings is 6. The summed E-state index contributed by atoms with van der Waals surface area (Å²) in [5.74, 6) is 0. The molecule has 0 saturated heterocycles. The van der Waals surface area contributed by atoms with Gasteiger partial charge in [-0.05, 0) is 0 Å². The molecule has 0 N–H and O–H groups in total. The van der Waals surface area contributed by atoms with Gasteiger partial charge in [-0.25, -0.2) is 0 Å². The van der Waals surface area contributed by atoms with Crippen LogP contribution in [0.2, 0.25) is 0 Å². The van der Waals surface area contributed by atoms with Crippen molar-refractivity contribution in [3.63, 3.8) is 0 Å². The standard InChI is InChI=1S/C33H33.C19H22.C5H5.2ClH.Zr/c1-32(2,3)30-20-26-24(18-28(30)22-13-9-7-10-14-22)17-25-19-29(23-15-11-8-12-16-23)31(21-27(25)26)33(4,5)6;1-18(2,16-11-7-5-8-12-16)15-19(3,4)17-13-9-6-10-14-17;1-2-4-5-3-1;;;/h7-21H,1-6H3;5-14H,1-4H3;1-3H,4H2;2*1H;. The number of allylic oxidation sites excluding steroid dienone is 4. The van der Waals surface area contributed by atoms with Gasteiger partial charge in [0.05, 0.1) is 0 Å². The number of fused-ring (bicyclic) bond motifs is 3. The van der Waals surface area contributed by atoms with Crippen LogP contribution in [0.3, 0.4) is 0 Å². The van der Waals surface area contributed by atoms with Crippen LogP contribution in [0.1, 0.15) is 113 Å². The average Bonchev–Trinajstić information content (AvgIpc) is 3.86. The molecule has 6 aromatic rings. The summed E-state index contributed by atoms with van der Waals surface area (Å²) in [6, 6.07) is 55.8. The third kappa shape index (κ3) is 8.37. The molecule has 3 heteroatoms. The first kappa shape index (κ1) is 45.7. The predicted octanol–water partition coefficient (Wildman–Crippen LogP) is 16.1. The Hall–Kier alpha value is -3.87. The molecule has 0 aliphatic heterocycles. The van der Waals surface area contributed by atoms with Crippen molar-refractivity contribution < 1.29 is 21.3 Å². The minimum absolute atomic E-state index is 0. The van der Waals surface area contributed by atoms with E-state index in [1.165, 1.54) is 66.8 Å². The van der Waals surface area contributed by atoms with E-state index >= 15 is 0 Å². The maximum absolute atomic E-state index is 3.08. The van der Waals surface area contributed by atoms with Crippen molar-refractivity contribution in [2.45, 2.75) is 101 Å². The van der Waals surface area contributed by atoms with Crippen LogP contribution in [0.15, 0.2) is 167 Å². The van der Waals surface area contributed by atoms with Crippen LogP contribution in [0.4, 0.5) is 0 Å². The maximum atomic E-state index is 2.67. The second-order valence-electron chi connectivity index (χ2n) is 19.7. The van der Waals surface area contributed by atoms with Gasteiger partial charge in [-0.1, -0.05) is 0 Å². The topological polar surface area (TPSA) is 0 Å². The van der Waals surface area contributed by atoms with Crippen molar-refractivity contribution in [3.05, 3.63) is 200 Å². The van der Waals surface area contributed by atoms with Crippen LogP contribution in [0.25, 0.3) is 33.4 Å². The Labute approximate surface area is 381 Å². The van der Waals surface area contributed by atoms with Crippen LogP contribution in [0.5, 0.6) is 0 Å². The van der Waals surface area contributed by atoms with Gasteiger partial charge < -0.3 is 0 Å². The molecular formula is C57H62Cl2Zr. The summed E-state index contributed by atoms with van der Waals surface area (Å²) in [5, 5.41) is 0. The van der Waals surface area contributed by atoms with Crippen molar-refractivity contribution >= 4 is 28.0 Å². The van der Waals surface area contributed by atoms with E-state index in [0.29, 0.717) is 0 Å². The molecule has 0 bridgehead atoms. The van der Waals surface area contributed by atoms with E-state index in [9.17, 15) is 0 Å². The van der Waals surface area contributed by atoms with Gasteiger partial charge in [0, 0.05) is 0 Å². The molecule has 8 rings (SSSR count). The van der Waals surface area contributed by atoms with Gasteiger partial charge >= 0.3 is 359 Å². The van der Waals surface area contributed by atoms with Gasteiger partial charge in [0.2, 0.25) is 0 Å². The summed E-state index contributed by atoms with van der Waals surface area (Å²) in [5.41, 5.74) is 16.4. The molecular weight excluding hydrogens is 847 g/mol. The van der Waals surface area contributed by atoms with E-state index in [-0.39, 0.29) is 50.1 Å². The number of hydrogen-bond donors (Lipinski definition) is 0. The van der Waals surface area contributed by atoms with Crippen LogP contribution >= 0.6 is 24.8 Å². The van der Waals surface area contributed by atoms with Crippen molar-refractivity contribution in [3.8, 4) is 33.4 Å². The summed E-state index contributed by atoms with van der Waals surface area (Å²) < 4.78 is 3.73. The van der Waals surface area contributed by atoms with Gasteiger partial charge in [0.15, 0.2) is 0 Å². The Balaban J connectivity index is 0.00000302. The summed E-state index contributed by atoms with van der Waals surface area (Å²) >= 11 is -3.08. The summed E-state index contributed by atoms with van der Waals surface area (Å²) in [7, 11) is 0. The Morgan fingerprint density at radius 2 is 0.833 bits per heavy atom. The van der Waals surface area contributed by atoms with E-state index in [4.69, 9.17) is 0 Å². The molecule has 0 radical (unpaired) electrons. The largest absolute Gasteiger partial charge is 0.147 e. The zero-order valence-corrected chi connectivity index (χ0v) is 41.3. The van der Waals surface area contributed by atoms with Crippen LogP contribution < -0.4 is 0 Å². The van der Waals surface area contributed by atoms with E-state index in [1.807, 2.05) is 0 Å². The fourth-order valence-electron chi connectivity index (χ4n) is 10.2. The second kappa shape index (κ2) is 17.5. The number of halogens is 2. The van der Waals surface area contributed by atoms with E-state index in [0.717, 1.165) is 6.42 Å². The van der Waals surface area contributed by atoms with E-state index < -0.39 is 21.3 Å². The van der Waals surface area contributed by atoms with Gasteiger partial charge in [-0.3, -0.25) is 0 Å². The SMILES string of the molecule is CC(C)(C)c1cc2c(cc1-c1ccccc1)[CH]([Zr]([C]1=CC=CC1)=[C](C(C)(C)c1ccccc1)C(C)(C)c1ccccc1)c1cc(-c3ccccc3)c(C(C)(C)C)cc1-2.Cl.Cl. The number of hydrogen-bond acceptors (Lipinski definition) is 0. The molecule has 0 spiro atoms. The molecule has 2 aliphatic carbocycles. The fourth-order valence-corrected chi connectivity index (χ4v) is 20.8. The average molecular weight is 909 g/mol. The van der Waals surface area contributed by atoms with E-state index in [1.54, 1.807) is 6.49 Å². The monoisotopic (exact) mass is 906 g/mol. The second-order valence-corrected chi connectivity index (χ2v) is 26.0. The van der Waals surface area contributed by atoms with Gasteiger partial charge in [-0.15, -0.1) is 24.8 Å². The van der Waals surface area contributed by atoms with Crippen LogP contribution in [-0.4, -0.2) is 3.21 Å². The molecule has 60 heavy (non-hydrogen) atoms.